The minimum absolute atomic E-state index is 0.123. The molecule has 41 heavy (non-hydrogen) atoms. The Bertz CT molecular complexity index is 1050. The molecule has 0 aromatic heterocycles. The molecule has 0 saturated carbocycles. The highest BCUT2D eigenvalue weighted by molar-refractivity contribution is 5.83. The van der Waals surface area contributed by atoms with E-state index in [1.807, 2.05) is 0 Å². The van der Waals surface area contributed by atoms with Gasteiger partial charge >= 0.3 is 0 Å². The van der Waals surface area contributed by atoms with E-state index in [1.54, 1.807) is 0 Å². The molecule has 0 radical (unpaired) electrons. The molecule has 0 amide bonds. The summed E-state index contributed by atoms with van der Waals surface area (Å²) in [4.78, 5) is 0. The van der Waals surface area contributed by atoms with Crippen LogP contribution in [-0.2, 0) is 4.74 Å². The van der Waals surface area contributed by atoms with E-state index in [2.05, 4.69) is 93.6 Å². The first-order valence-corrected chi connectivity index (χ1v) is 16.8. The Balaban J connectivity index is 1.44. The fourth-order valence-corrected chi connectivity index (χ4v) is 5.49. The fourth-order valence-electron chi connectivity index (χ4n) is 5.49. The summed E-state index contributed by atoms with van der Waals surface area (Å²) in [5.74, 6) is 0.964. The molecular weight excluding hydrogens is 500 g/mol. The lowest BCUT2D eigenvalue weighted by Gasteiger charge is -2.15. The zero-order valence-corrected chi connectivity index (χ0v) is 26.3. The third kappa shape index (κ3) is 12.4. The molecule has 0 saturated heterocycles. The van der Waals surface area contributed by atoms with Crippen molar-refractivity contribution < 1.29 is 9.47 Å². The van der Waals surface area contributed by atoms with E-state index in [0.717, 1.165) is 31.8 Å². The molecule has 0 aliphatic carbocycles. The molecule has 0 N–H and O–H groups in total. The van der Waals surface area contributed by atoms with Crippen LogP contribution in [0.3, 0.4) is 0 Å². The molecule has 3 aromatic rings. The first kappa shape index (κ1) is 32.9. The third-order valence-corrected chi connectivity index (χ3v) is 8.17. The first-order chi connectivity index (χ1) is 20.2. The highest BCUT2D eigenvalue weighted by atomic mass is 16.5. The second kappa shape index (κ2) is 20.3. The van der Waals surface area contributed by atoms with Gasteiger partial charge in [-0.2, -0.15) is 0 Å². The Hall–Kier alpha value is -2.58. The quantitative estimate of drug-likeness (QED) is 0.115. The van der Waals surface area contributed by atoms with Gasteiger partial charge in [-0.25, -0.2) is 0 Å². The van der Waals surface area contributed by atoms with E-state index in [4.69, 9.17) is 9.47 Å². The maximum absolute atomic E-state index is 6.12. The monoisotopic (exact) mass is 556 g/mol. The topological polar surface area (TPSA) is 18.5 Å². The van der Waals surface area contributed by atoms with Crippen LogP contribution in [0.2, 0.25) is 0 Å². The predicted octanol–water partition coefficient (Wildman–Crippen LogP) is 12.4. The van der Waals surface area contributed by atoms with E-state index in [-0.39, 0.29) is 6.10 Å². The van der Waals surface area contributed by atoms with Gasteiger partial charge in [-0.05, 0) is 59.7 Å². The minimum Gasteiger partial charge on any atom is -0.494 e. The average molecular weight is 557 g/mol. The van der Waals surface area contributed by atoms with E-state index in [0.29, 0.717) is 0 Å². The molecule has 3 aromatic carbocycles. The maximum atomic E-state index is 6.12. The maximum Gasteiger partial charge on any atom is 0.119 e. The van der Waals surface area contributed by atoms with Crippen LogP contribution in [0.5, 0.6) is 5.75 Å². The van der Waals surface area contributed by atoms with Crippen molar-refractivity contribution in [2.24, 2.45) is 0 Å². The summed E-state index contributed by atoms with van der Waals surface area (Å²) in [7, 11) is 0. The van der Waals surface area contributed by atoms with Crippen molar-refractivity contribution in [1.29, 1.82) is 0 Å². The summed E-state index contributed by atoms with van der Waals surface area (Å²) < 4.78 is 12.2. The first-order valence-electron chi connectivity index (χ1n) is 16.8. The Kier molecular flexibility index (Phi) is 16.3. The van der Waals surface area contributed by atoms with Gasteiger partial charge in [-0.15, -0.1) is 0 Å². The molecule has 0 aliphatic rings. The summed E-state index contributed by atoms with van der Waals surface area (Å²) >= 11 is 0. The van der Waals surface area contributed by atoms with Crippen LogP contribution in [0.1, 0.15) is 129 Å². The van der Waals surface area contributed by atoms with Gasteiger partial charge in [0, 0.05) is 6.61 Å². The Morgan fingerprint density at radius 1 is 0.488 bits per heavy atom. The SMILES string of the molecule is CCCCCCCCCCCCOc1ccc(-c2ccccc2-c2ccc(C(C)OCCCCCCC)cc2)cc1. The van der Waals surface area contributed by atoms with E-state index < -0.39 is 0 Å². The van der Waals surface area contributed by atoms with Crippen molar-refractivity contribution >= 4 is 0 Å². The summed E-state index contributed by atoms with van der Waals surface area (Å²) in [6.45, 7) is 8.35. The van der Waals surface area contributed by atoms with E-state index >= 15 is 0 Å². The summed E-state index contributed by atoms with van der Waals surface area (Å²) in [6.07, 6.45) is 19.9. The molecule has 0 spiro atoms. The van der Waals surface area contributed by atoms with Crippen LogP contribution in [0.15, 0.2) is 72.8 Å². The van der Waals surface area contributed by atoms with Gasteiger partial charge in [-0.1, -0.05) is 158 Å². The average Bonchev–Trinajstić information content (AvgIpc) is 3.02. The van der Waals surface area contributed by atoms with Crippen LogP contribution in [-0.4, -0.2) is 13.2 Å². The number of rotatable bonds is 22. The molecule has 3 rings (SSSR count). The minimum atomic E-state index is 0.123. The van der Waals surface area contributed by atoms with Crippen molar-refractivity contribution in [2.45, 2.75) is 123 Å². The number of ether oxygens (including phenoxy) is 2. The largest absolute Gasteiger partial charge is 0.494 e. The van der Waals surface area contributed by atoms with Gasteiger partial charge in [0.2, 0.25) is 0 Å². The lowest BCUT2D eigenvalue weighted by atomic mass is 9.94. The molecular formula is C39H56O2. The van der Waals surface area contributed by atoms with Gasteiger partial charge in [0.1, 0.15) is 5.75 Å². The Morgan fingerprint density at radius 2 is 0.927 bits per heavy atom. The Labute approximate surface area is 251 Å². The molecule has 1 unspecified atom stereocenters. The highest BCUT2D eigenvalue weighted by Crippen LogP contribution is 2.33. The van der Waals surface area contributed by atoms with E-state index in [9.17, 15) is 0 Å². The number of hydrogen-bond donors (Lipinski definition) is 0. The van der Waals surface area contributed by atoms with Gasteiger partial charge in [0.05, 0.1) is 12.7 Å². The standard InChI is InChI=1S/C39H56O2/c1-4-6-8-10-11-12-13-14-16-20-32-41-37-29-27-36(28-30-37)39-22-18-17-21-38(39)35-25-23-34(24-26-35)33(3)40-31-19-15-9-7-5-2/h17-18,21-30,33H,4-16,19-20,31-32H2,1-3H3. The zero-order chi connectivity index (χ0) is 29.0. The van der Waals surface area contributed by atoms with Crippen molar-refractivity contribution in [1.82, 2.24) is 0 Å². The lowest BCUT2D eigenvalue weighted by molar-refractivity contribution is 0.0627. The second-order valence-electron chi connectivity index (χ2n) is 11.6. The van der Waals surface area contributed by atoms with Crippen LogP contribution in [0, 0.1) is 0 Å². The van der Waals surface area contributed by atoms with Crippen molar-refractivity contribution in [3.8, 4) is 28.0 Å². The molecule has 1 atom stereocenters. The van der Waals surface area contributed by atoms with Gasteiger partial charge in [0.25, 0.3) is 0 Å². The summed E-state index contributed by atoms with van der Waals surface area (Å²) in [6, 6.07) is 26.2. The summed E-state index contributed by atoms with van der Waals surface area (Å²) in [5, 5.41) is 0. The third-order valence-electron chi connectivity index (χ3n) is 8.17. The van der Waals surface area contributed by atoms with Crippen LogP contribution >= 0.6 is 0 Å². The van der Waals surface area contributed by atoms with Crippen LogP contribution < -0.4 is 4.74 Å². The van der Waals surface area contributed by atoms with Crippen LogP contribution in [0.4, 0.5) is 0 Å². The molecule has 2 heteroatoms. The number of hydrogen-bond acceptors (Lipinski definition) is 2. The van der Waals surface area contributed by atoms with Gasteiger partial charge in [-0.3, -0.25) is 0 Å². The van der Waals surface area contributed by atoms with E-state index in [1.165, 1.54) is 111 Å². The molecule has 224 valence electrons. The van der Waals surface area contributed by atoms with Crippen LogP contribution in [0.25, 0.3) is 22.3 Å². The van der Waals surface area contributed by atoms with Gasteiger partial charge < -0.3 is 9.47 Å². The van der Waals surface area contributed by atoms with Gasteiger partial charge in [0.15, 0.2) is 0 Å². The molecule has 2 nitrogen and oxygen atoms in total. The lowest BCUT2D eigenvalue weighted by Crippen LogP contribution is -2.01. The Morgan fingerprint density at radius 3 is 1.44 bits per heavy atom. The number of unbranched alkanes of at least 4 members (excludes halogenated alkanes) is 13. The van der Waals surface area contributed by atoms with Crippen molar-refractivity contribution in [3.05, 3.63) is 78.4 Å². The second-order valence-corrected chi connectivity index (χ2v) is 11.6. The fraction of sp³-hybridized carbons (Fsp3) is 0.538. The van der Waals surface area contributed by atoms with Crippen molar-refractivity contribution in [3.63, 3.8) is 0 Å². The number of benzene rings is 3. The smallest absolute Gasteiger partial charge is 0.119 e. The highest BCUT2D eigenvalue weighted by Gasteiger charge is 2.10. The van der Waals surface area contributed by atoms with Crippen molar-refractivity contribution in [2.75, 3.05) is 13.2 Å². The summed E-state index contributed by atoms with van der Waals surface area (Å²) in [5.41, 5.74) is 6.19. The molecule has 0 heterocycles. The zero-order valence-electron chi connectivity index (χ0n) is 26.3. The molecule has 0 aliphatic heterocycles. The molecule has 0 bridgehead atoms. The normalized spacial score (nSPS) is 12.0. The molecule has 0 fully saturated rings. The predicted molar refractivity (Wildman–Crippen MR) is 178 cm³/mol.